The van der Waals surface area contributed by atoms with Gasteiger partial charge in [-0.25, -0.2) is 0 Å². The van der Waals surface area contributed by atoms with Crippen molar-refractivity contribution in [3.63, 3.8) is 0 Å². The third kappa shape index (κ3) is 0.685. The lowest BCUT2D eigenvalue weighted by Crippen LogP contribution is -2.33. The zero-order chi connectivity index (χ0) is 8.58. The topological polar surface area (TPSA) is 31.0 Å². The Bertz CT molecular complexity index is 255. The summed E-state index contributed by atoms with van der Waals surface area (Å²) in [5.74, 6) is 1.20. The van der Waals surface area contributed by atoms with Crippen molar-refractivity contribution in [3.05, 3.63) is 12.7 Å². The second kappa shape index (κ2) is 2.00. The lowest BCUT2D eigenvalue weighted by molar-refractivity contribution is -0.0536. The summed E-state index contributed by atoms with van der Waals surface area (Å²) < 4.78 is 17.0. The molecule has 4 aliphatic rings. The van der Waals surface area contributed by atoms with Crippen molar-refractivity contribution in [1.82, 2.24) is 0 Å². The molecule has 0 aromatic heterocycles. The van der Waals surface area contributed by atoms with Crippen molar-refractivity contribution >= 4 is 0 Å². The van der Waals surface area contributed by atoms with Gasteiger partial charge in [-0.05, 0) is 12.5 Å². The van der Waals surface area contributed by atoms with Crippen LogP contribution in [0.3, 0.4) is 0 Å². The smallest absolute Gasteiger partial charge is 0.177 e. The van der Waals surface area contributed by atoms with Crippen LogP contribution in [0.5, 0.6) is 0 Å². The second-order valence-electron chi connectivity index (χ2n) is 4.43. The molecule has 2 bridgehead atoms. The molecule has 0 aromatic rings. The van der Waals surface area contributed by atoms with Gasteiger partial charge in [-0.2, -0.15) is 0 Å². The van der Waals surface area contributed by atoms with E-state index in [9.17, 15) is 0 Å². The summed E-state index contributed by atoms with van der Waals surface area (Å²) in [5.41, 5.74) is 0. The van der Waals surface area contributed by atoms with Gasteiger partial charge in [0.2, 0.25) is 0 Å². The first kappa shape index (κ1) is 6.98. The van der Waals surface area contributed by atoms with Crippen molar-refractivity contribution in [2.75, 3.05) is 0 Å². The third-order valence-corrected chi connectivity index (χ3v) is 3.89. The van der Waals surface area contributed by atoms with E-state index in [2.05, 4.69) is 6.58 Å². The number of ether oxygens (including phenoxy) is 3. The van der Waals surface area contributed by atoms with Crippen LogP contribution in [0.2, 0.25) is 0 Å². The van der Waals surface area contributed by atoms with Gasteiger partial charge >= 0.3 is 0 Å². The molecule has 3 nitrogen and oxygen atoms in total. The summed E-state index contributed by atoms with van der Waals surface area (Å²) in [6.07, 6.45) is 4.39. The summed E-state index contributed by atoms with van der Waals surface area (Å²) in [4.78, 5) is 0. The molecule has 2 aliphatic heterocycles. The fourth-order valence-electron chi connectivity index (χ4n) is 3.35. The largest absolute Gasteiger partial charge is 0.369 e. The first-order valence-corrected chi connectivity index (χ1v) is 4.97. The highest BCUT2D eigenvalue weighted by atomic mass is 16.7. The summed E-state index contributed by atoms with van der Waals surface area (Å²) in [5, 5.41) is 0. The highest BCUT2D eigenvalue weighted by molar-refractivity contribution is 5.17. The van der Waals surface area contributed by atoms with E-state index in [1.165, 1.54) is 6.42 Å². The number of hydrogen-bond acceptors (Lipinski definition) is 3. The normalized spacial score (nSPS) is 66.3. The van der Waals surface area contributed by atoms with Crippen LogP contribution in [-0.2, 0) is 14.2 Å². The van der Waals surface area contributed by atoms with E-state index < -0.39 is 0 Å². The molecular formula is C10H12O3. The molecule has 13 heavy (non-hydrogen) atoms. The molecule has 0 amide bonds. The predicted octanol–water partition coefficient (Wildman–Crippen LogP) is 0.700. The molecule has 3 heteroatoms. The van der Waals surface area contributed by atoms with Crippen LogP contribution in [0.4, 0.5) is 0 Å². The molecule has 2 aliphatic carbocycles. The summed E-state index contributed by atoms with van der Waals surface area (Å²) >= 11 is 0. The van der Waals surface area contributed by atoms with Crippen LogP contribution in [0.1, 0.15) is 6.42 Å². The molecular weight excluding hydrogens is 168 g/mol. The summed E-state index contributed by atoms with van der Waals surface area (Å²) in [6, 6.07) is 0. The molecule has 1 unspecified atom stereocenters. The van der Waals surface area contributed by atoms with Gasteiger partial charge in [-0.3, -0.25) is 0 Å². The van der Waals surface area contributed by atoms with E-state index in [0.717, 1.165) is 0 Å². The maximum absolute atomic E-state index is 5.75. The van der Waals surface area contributed by atoms with Crippen molar-refractivity contribution in [1.29, 1.82) is 0 Å². The van der Waals surface area contributed by atoms with E-state index in [4.69, 9.17) is 14.2 Å². The Morgan fingerprint density at radius 2 is 1.46 bits per heavy atom. The molecule has 2 saturated carbocycles. The first-order valence-electron chi connectivity index (χ1n) is 4.97. The molecule has 2 saturated heterocycles. The number of rotatable bonds is 1. The molecule has 4 rings (SSSR count). The predicted molar refractivity (Wildman–Crippen MR) is 44.0 cm³/mol. The molecule has 0 aromatic carbocycles. The second-order valence-corrected chi connectivity index (χ2v) is 4.43. The van der Waals surface area contributed by atoms with Crippen molar-refractivity contribution in [2.45, 2.75) is 37.1 Å². The summed E-state index contributed by atoms with van der Waals surface area (Å²) in [7, 11) is 0. The van der Waals surface area contributed by atoms with Crippen molar-refractivity contribution in [2.24, 2.45) is 11.8 Å². The average Bonchev–Trinajstić information content (AvgIpc) is 2.59. The SMILES string of the molecule is C=CC1O[C@@H]2[C@H]3C[C@H]([C@H]4O[C@H]34)[C@@H]2O1. The van der Waals surface area contributed by atoms with Gasteiger partial charge in [0.15, 0.2) is 6.29 Å². The van der Waals surface area contributed by atoms with Crippen LogP contribution >= 0.6 is 0 Å². The Labute approximate surface area is 76.7 Å². The van der Waals surface area contributed by atoms with E-state index >= 15 is 0 Å². The third-order valence-electron chi connectivity index (χ3n) is 3.89. The standard InChI is InChI=1S/C10H12O3/c1-2-6-11-7-4-3-5(8(7)12-6)10-9(4)13-10/h2,4-10H,1,3H2/t4-,5+,6?,7-,8+,9-,10-/m1/s1. The van der Waals surface area contributed by atoms with E-state index in [1.807, 2.05) is 0 Å². The first-order chi connectivity index (χ1) is 6.38. The van der Waals surface area contributed by atoms with Crippen LogP contribution in [-0.4, -0.2) is 30.7 Å². The quantitative estimate of drug-likeness (QED) is 0.439. The zero-order valence-corrected chi connectivity index (χ0v) is 7.26. The van der Waals surface area contributed by atoms with Gasteiger partial charge in [-0.1, -0.05) is 6.58 Å². The Balaban J connectivity index is 1.67. The van der Waals surface area contributed by atoms with Crippen LogP contribution < -0.4 is 0 Å². The maximum atomic E-state index is 5.75. The fourth-order valence-corrected chi connectivity index (χ4v) is 3.35. The molecule has 4 fully saturated rings. The molecule has 2 heterocycles. The zero-order valence-electron chi connectivity index (χ0n) is 7.26. The molecule has 0 N–H and O–H groups in total. The fraction of sp³-hybridized carbons (Fsp3) is 0.800. The Kier molecular flexibility index (Phi) is 1.07. The average molecular weight is 180 g/mol. The molecule has 0 radical (unpaired) electrons. The van der Waals surface area contributed by atoms with Crippen LogP contribution in [0.25, 0.3) is 0 Å². The monoisotopic (exact) mass is 180 g/mol. The summed E-state index contributed by atoms with van der Waals surface area (Å²) in [6.45, 7) is 3.69. The van der Waals surface area contributed by atoms with Gasteiger partial charge in [0, 0.05) is 11.8 Å². The van der Waals surface area contributed by atoms with Crippen LogP contribution in [0.15, 0.2) is 12.7 Å². The minimum atomic E-state index is -0.169. The molecule has 7 atom stereocenters. The lowest BCUT2D eigenvalue weighted by Gasteiger charge is -2.17. The van der Waals surface area contributed by atoms with Gasteiger partial charge in [0.05, 0.1) is 24.4 Å². The van der Waals surface area contributed by atoms with Gasteiger partial charge < -0.3 is 14.2 Å². The Morgan fingerprint density at radius 1 is 0.923 bits per heavy atom. The van der Waals surface area contributed by atoms with Crippen molar-refractivity contribution < 1.29 is 14.2 Å². The highest BCUT2D eigenvalue weighted by Crippen LogP contribution is 2.59. The maximum Gasteiger partial charge on any atom is 0.177 e. The Morgan fingerprint density at radius 3 is 2.00 bits per heavy atom. The van der Waals surface area contributed by atoms with Crippen molar-refractivity contribution in [3.8, 4) is 0 Å². The van der Waals surface area contributed by atoms with Gasteiger partial charge in [-0.15, -0.1) is 0 Å². The lowest BCUT2D eigenvalue weighted by atomic mass is 9.95. The van der Waals surface area contributed by atoms with E-state index in [0.29, 0.717) is 24.0 Å². The number of hydrogen-bond donors (Lipinski definition) is 0. The van der Waals surface area contributed by atoms with Gasteiger partial charge in [0.25, 0.3) is 0 Å². The number of epoxide rings is 1. The number of fused-ring (bicyclic) bond motifs is 8. The van der Waals surface area contributed by atoms with Crippen LogP contribution in [0, 0.1) is 11.8 Å². The minimum Gasteiger partial charge on any atom is -0.369 e. The van der Waals surface area contributed by atoms with Gasteiger partial charge in [0.1, 0.15) is 0 Å². The van der Waals surface area contributed by atoms with E-state index in [-0.39, 0.29) is 18.5 Å². The Hall–Kier alpha value is -0.380. The molecule has 70 valence electrons. The minimum absolute atomic E-state index is 0.169. The highest BCUT2D eigenvalue weighted by Gasteiger charge is 2.70. The van der Waals surface area contributed by atoms with E-state index in [1.54, 1.807) is 6.08 Å². The molecule has 0 spiro atoms.